The zero-order valence-electron chi connectivity index (χ0n) is 20.8. The summed E-state index contributed by atoms with van der Waals surface area (Å²) in [7, 11) is -4.13. The normalized spacial score (nSPS) is 12.0. The standard InChI is InChI=1S/C27H29Cl2N3O4S/c1-4-30-27(34)20(3)31(17-21-10-12-22(28)13-11-21)26(33)18-32(25-15-14-23(29)16-19(25)2)37(35,36)24-8-6-5-7-9-24/h5-16,20H,4,17-18H2,1-3H3,(H,30,34). The van der Waals surface area contributed by atoms with Crippen molar-refractivity contribution in [1.29, 1.82) is 0 Å². The van der Waals surface area contributed by atoms with Gasteiger partial charge >= 0.3 is 0 Å². The number of nitrogens with zero attached hydrogens (tertiary/aromatic N) is 2. The number of anilines is 1. The number of sulfonamides is 1. The molecule has 1 unspecified atom stereocenters. The van der Waals surface area contributed by atoms with Gasteiger partial charge in [0.2, 0.25) is 11.8 Å². The summed E-state index contributed by atoms with van der Waals surface area (Å²) in [5, 5.41) is 3.71. The van der Waals surface area contributed by atoms with E-state index in [4.69, 9.17) is 23.2 Å². The highest BCUT2D eigenvalue weighted by atomic mass is 35.5. The molecule has 0 saturated carbocycles. The number of halogens is 2. The summed E-state index contributed by atoms with van der Waals surface area (Å²) >= 11 is 12.1. The fourth-order valence-electron chi connectivity index (χ4n) is 3.82. The SMILES string of the molecule is CCNC(=O)C(C)N(Cc1ccc(Cl)cc1)C(=O)CN(c1ccc(Cl)cc1C)S(=O)(=O)c1ccccc1. The predicted molar refractivity (Wildman–Crippen MR) is 147 cm³/mol. The Bertz CT molecular complexity index is 1350. The van der Waals surface area contributed by atoms with Crippen molar-refractivity contribution in [3.63, 3.8) is 0 Å². The second-order valence-corrected chi connectivity index (χ2v) is 11.2. The molecule has 0 spiro atoms. The van der Waals surface area contributed by atoms with Crippen LogP contribution in [-0.2, 0) is 26.2 Å². The highest BCUT2D eigenvalue weighted by Crippen LogP contribution is 2.29. The van der Waals surface area contributed by atoms with Crippen molar-refractivity contribution in [1.82, 2.24) is 10.2 Å². The van der Waals surface area contributed by atoms with Crippen molar-refractivity contribution in [2.24, 2.45) is 0 Å². The van der Waals surface area contributed by atoms with Gasteiger partial charge in [-0.1, -0.05) is 53.5 Å². The number of carbonyl (C=O) groups is 2. The molecule has 0 saturated heterocycles. The monoisotopic (exact) mass is 561 g/mol. The van der Waals surface area contributed by atoms with Gasteiger partial charge in [0.05, 0.1) is 10.6 Å². The van der Waals surface area contributed by atoms with Gasteiger partial charge in [0.15, 0.2) is 0 Å². The van der Waals surface area contributed by atoms with Gasteiger partial charge in [-0.05, 0) is 74.4 Å². The minimum Gasteiger partial charge on any atom is -0.355 e. The molecule has 7 nitrogen and oxygen atoms in total. The number of likely N-dealkylation sites (N-methyl/N-ethyl adjacent to an activating group) is 1. The van der Waals surface area contributed by atoms with Crippen molar-refractivity contribution >= 4 is 50.7 Å². The third-order valence-electron chi connectivity index (χ3n) is 5.82. The maximum atomic E-state index is 13.8. The summed E-state index contributed by atoms with van der Waals surface area (Å²) < 4.78 is 28.6. The van der Waals surface area contributed by atoms with E-state index in [1.165, 1.54) is 17.0 Å². The summed E-state index contributed by atoms with van der Waals surface area (Å²) in [5.74, 6) is -0.882. The van der Waals surface area contributed by atoms with Crippen LogP contribution in [0.5, 0.6) is 0 Å². The third-order valence-corrected chi connectivity index (χ3v) is 8.08. The van der Waals surface area contributed by atoms with E-state index in [1.807, 2.05) is 0 Å². The summed E-state index contributed by atoms with van der Waals surface area (Å²) in [6.07, 6.45) is 0. The zero-order chi connectivity index (χ0) is 27.2. The van der Waals surface area contributed by atoms with E-state index in [1.54, 1.807) is 81.4 Å². The van der Waals surface area contributed by atoms with Crippen LogP contribution in [0.3, 0.4) is 0 Å². The molecular weight excluding hydrogens is 533 g/mol. The molecule has 3 rings (SSSR count). The number of amides is 2. The number of benzene rings is 3. The minimum absolute atomic E-state index is 0.0400. The molecule has 0 aliphatic carbocycles. The summed E-state index contributed by atoms with van der Waals surface area (Å²) in [4.78, 5) is 27.9. The van der Waals surface area contributed by atoms with Gasteiger partial charge in [-0.25, -0.2) is 8.42 Å². The first kappa shape index (κ1) is 28.5. The Morgan fingerprint density at radius 3 is 2.16 bits per heavy atom. The molecule has 1 atom stereocenters. The number of rotatable bonds is 10. The Kier molecular flexibility index (Phi) is 9.59. The number of hydrogen-bond donors (Lipinski definition) is 1. The van der Waals surface area contributed by atoms with Crippen molar-refractivity contribution in [2.75, 3.05) is 17.4 Å². The van der Waals surface area contributed by atoms with Gasteiger partial charge in [-0.3, -0.25) is 13.9 Å². The van der Waals surface area contributed by atoms with Crippen LogP contribution in [0.1, 0.15) is 25.0 Å². The topological polar surface area (TPSA) is 86.8 Å². The number of nitrogens with one attached hydrogen (secondary N) is 1. The van der Waals surface area contributed by atoms with Gasteiger partial charge in [-0.15, -0.1) is 0 Å². The molecule has 10 heteroatoms. The average Bonchev–Trinajstić information content (AvgIpc) is 2.87. The molecule has 37 heavy (non-hydrogen) atoms. The van der Waals surface area contributed by atoms with Crippen LogP contribution in [0.2, 0.25) is 10.0 Å². The van der Waals surface area contributed by atoms with Crippen LogP contribution in [0.4, 0.5) is 5.69 Å². The Labute approximate surface area is 228 Å². The molecule has 1 N–H and O–H groups in total. The molecule has 3 aromatic carbocycles. The highest BCUT2D eigenvalue weighted by Gasteiger charge is 2.33. The quantitative estimate of drug-likeness (QED) is 0.375. The molecule has 0 aliphatic rings. The van der Waals surface area contributed by atoms with Crippen molar-refractivity contribution < 1.29 is 18.0 Å². The molecule has 196 valence electrons. The van der Waals surface area contributed by atoms with E-state index in [0.717, 1.165) is 9.87 Å². The first-order chi connectivity index (χ1) is 17.5. The molecule has 3 aromatic rings. The van der Waals surface area contributed by atoms with E-state index in [-0.39, 0.29) is 17.3 Å². The van der Waals surface area contributed by atoms with Gasteiger partial charge in [0.1, 0.15) is 12.6 Å². The summed E-state index contributed by atoms with van der Waals surface area (Å²) in [6.45, 7) is 5.09. The number of hydrogen-bond acceptors (Lipinski definition) is 4. The van der Waals surface area contributed by atoms with Gasteiger partial charge in [-0.2, -0.15) is 0 Å². The number of aryl methyl sites for hydroxylation is 1. The number of carbonyl (C=O) groups excluding carboxylic acids is 2. The minimum atomic E-state index is -4.13. The van der Waals surface area contributed by atoms with Crippen LogP contribution in [0, 0.1) is 6.92 Å². The highest BCUT2D eigenvalue weighted by molar-refractivity contribution is 7.92. The van der Waals surface area contributed by atoms with Gasteiger partial charge < -0.3 is 10.2 Å². The Balaban J connectivity index is 2.04. The molecule has 0 bridgehead atoms. The lowest BCUT2D eigenvalue weighted by Gasteiger charge is -2.32. The van der Waals surface area contributed by atoms with Gasteiger partial charge in [0.25, 0.3) is 10.0 Å². The van der Waals surface area contributed by atoms with Crippen LogP contribution in [0.15, 0.2) is 77.7 Å². The lowest BCUT2D eigenvalue weighted by molar-refractivity contribution is -0.139. The average molecular weight is 563 g/mol. The van der Waals surface area contributed by atoms with Crippen molar-refractivity contribution in [3.8, 4) is 0 Å². The van der Waals surface area contributed by atoms with Crippen LogP contribution in [-0.4, -0.2) is 44.3 Å². The third kappa shape index (κ3) is 7.03. The van der Waals surface area contributed by atoms with Gasteiger partial charge in [0, 0.05) is 23.1 Å². The van der Waals surface area contributed by atoms with Crippen LogP contribution < -0.4 is 9.62 Å². The smallest absolute Gasteiger partial charge is 0.264 e. The Morgan fingerprint density at radius 2 is 1.57 bits per heavy atom. The molecule has 2 amide bonds. The summed E-state index contributed by atoms with van der Waals surface area (Å²) in [6, 6.07) is 18.7. The molecule has 0 radical (unpaired) electrons. The van der Waals surface area contributed by atoms with Crippen LogP contribution >= 0.6 is 23.2 Å². The second-order valence-electron chi connectivity index (χ2n) is 8.47. The van der Waals surface area contributed by atoms with Crippen LogP contribution in [0.25, 0.3) is 0 Å². The molecule has 0 aliphatic heterocycles. The lowest BCUT2D eigenvalue weighted by Crippen LogP contribution is -2.51. The zero-order valence-corrected chi connectivity index (χ0v) is 23.1. The predicted octanol–water partition coefficient (Wildman–Crippen LogP) is 5.05. The maximum absolute atomic E-state index is 13.8. The Hall–Kier alpha value is -3.07. The molecule has 0 heterocycles. The largest absolute Gasteiger partial charge is 0.355 e. The van der Waals surface area contributed by atoms with E-state index in [9.17, 15) is 18.0 Å². The second kappa shape index (κ2) is 12.4. The molecule has 0 fully saturated rings. The summed E-state index contributed by atoms with van der Waals surface area (Å²) in [5.41, 5.74) is 1.65. The van der Waals surface area contributed by atoms with E-state index in [2.05, 4.69) is 5.32 Å². The van der Waals surface area contributed by atoms with E-state index >= 15 is 0 Å². The molecular formula is C27H29Cl2N3O4S. The van der Waals surface area contributed by atoms with Crippen molar-refractivity contribution in [3.05, 3.63) is 94.0 Å². The van der Waals surface area contributed by atoms with E-state index < -0.39 is 28.5 Å². The fraction of sp³-hybridized carbons (Fsp3) is 0.259. The first-order valence-electron chi connectivity index (χ1n) is 11.7. The fourth-order valence-corrected chi connectivity index (χ4v) is 5.68. The Morgan fingerprint density at radius 1 is 0.946 bits per heavy atom. The van der Waals surface area contributed by atoms with E-state index in [0.29, 0.717) is 27.8 Å². The van der Waals surface area contributed by atoms with Crippen molar-refractivity contribution in [2.45, 2.75) is 38.3 Å². The lowest BCUT2D eigenvalue weighted by atomic mass is 10.1. The maximum Gasteiger partial charge on any atom is 0.264 e. The first-order valence-corrected chi connectivity index (χ1v) is 13.9. The molecule has 0 aromatic heterocycles.